The first-order chi connectivity index (χ1) is 13.9. The molecule has 2 N–H and O–H groups in total. The maximum absolute atomic E-state index is 12.4. The van der Waals surface area contributed by atoms with E-state index >= 15 is 0 Å². The Hall–Kier alpha value is -2.12. The fourth-order valence-electron chi connectivity index (χ4n) is 3.03. The fraction of sp³-hybridized carbons (Fsp3) is 0.391. The van der Waals surface area contributed by atoms with Gasteiger partial charge in [-0.25, -0.2) is 9.78 Å². The Kier molecular flexibility index (Phi) is 6.43. The number of alkyl carbamates (subject to hydrolysis) is 1. The number of halogens is 1. The van der Waals surface area contributed by atoms with Crippen LogP contribution in [0.4, 0.5) is 4.79 Å². The number of benzene rings is 1. The summed E-state index contributed by atoms with van der Waals surface area (Å²) in [5, 5.41) is 2.97. The van der Waals surface area contributed by atoms with Crippen LogP contribution in [0.2, 0.25) is 0 Å². The van der Waals surface area contributed by atoms with E-state index < -0.39 is 11.7 Å². The number of hydrogen-bond acceptors (Lipinski definition) is 4. The van der Waals surface area contributed by atoms with Crippen LogP contribution in [0, 0.1) is 5.41 Å². The molecule has 0 aliphatic rings. The molecule has 5 nitrogen and oxygen atoms in total. The van der Waals surface area contributed by atoms with Crippen LogP contribution in [-0.4, -0.2) is 21.7 Å². The number of thiophene rings is 1. The molecule has 0 radical (unpaired) electrons. The predicted octanol–water partition coefficient (Wildman–Crippen LogP) is 7.18. The Morgan fingerprint density at radius 1 is 1.07 bits per heavy atom. The van der Waals surface area contributed by atoms with Crippen LogP contribution >= 0.6 is 27.3 Å². The van der Waals surface area contributed by atoms with E-state index in [1.807, 2.05) is 27.0 Å². The third-order valence-electron chi connectivity index (χ3n) is 4.45. The van der Waals surface area contributed by atoms with E-state index in [0.717, 1.165) is 15.0 Å². The van der Waals surface area contributed by atoms with Crippen LogP contribution in [-0.2, 0) is 4.74 Å². The lowest BCUT2D eigenvalue weighted by molar-refractivity contribution is 0.0458. The van der Waals surface area contributed by atoms with E-state index in [1.54, 1.807) is 11.3 Å². The highest BCUT2D eigenvalue weighted by atomic mass is 79.9. The number of ether oxygens (including phenoxy) is 1. The average Bonchev–Trinajstić information content (AvgIpc) is 3.26. The van der Waals surface area contributed by atoms with Crippen molar-refractivity contribution in [1.29, 1.82) is 0 Å². The second-order valence-electron chi connectivity index (χ2n) is 9.31. The normalized spacial score (nSPS) is 13.2. The molecule has 0 saturated heterocycles. The van der Waals surface area contributed by atoms with E-state index in [0.29, 0.717) is 5.82 Å². The summed E-state index contributed by atoms with van der Waals surface area (Å²) in [5.41, 5.74) is 2.32. The van der Waals surface area contributed by atoms with Crippen molar-refractivity contribution in [3.05, 3.63) is 52.2 Å². The first kappa shape index (κ1) is 22.6. The van der Waals surface area contributed by atoms with Crippen LogP contribution in [0.25, 0.3) is 21.7 Å². The number of imidazole rings is 1. The van der Waals surface area contributed by atoms with Gasteiger partial charge >= 0.3 is 6.09 Å². The van der Waals surface area contributed by atoms with Crippen LogP contribution in [0.5, 0.6) is 0 Å². The van der Waals surface area contributed by atoms with Gasteiger partial charge in [0.2, 0.25) is 0 Å². The molecule has 160 valence electrons. The average molecular weight is 490 g/mol. The standard InChI is InChI=1S/C23H28BrN3O2S/c1-22(2,3)19(27-21(28)29-23(4,5)6)20-25-13-16(26-20)14-7-9-15(10-8-14)17-11-12-18(24)30-17/h7-13,19H,1-6H3,(H,25,26)(H,27,28). The maximum atomic E-state index is 12.4. The molecule has 0 spiro atoms. The number of nitrogens with zero attached hydrogens (tertiary/aromatic N) is 1. The van der Waals surface area contributed by atoms with Crippen molar-refractivity contribution in [2.75, 3.05) is 0 Å². The molecule has 0 bridgehead atoms. The molecule has 1 unspecified atom stereocenters. The smallest absolute Gasteiger partial charge is 0.408 e. The van der Waals surface area contributed by atoms with Crippen LogP contribution in [0.15, 0.2) is 46.4 Å². The minimum atomic E-state index is -0.555. The monoisotopic (exact) mass is 489 g/mol. The Morgan fingerprint density at radius 3 is 2.23 bits per heavy atom. The molecule has 3 aromatic rings. The van der Waals surface area contributed by atoms with Gasteiger partial charge < -0.3 is 15.0 Å². The number of aromatic amines is 1. The molecule has 3 rings (SSSR count). The molecule has 1 amide bonds. The molecule has 1 aromatic carbocycles. The molecular weight excluding hydrogens is 462 g/mol. The summed E-state index contributed by atoms with van der Waals surface area (Å²) in [6.45, 7) is 11.7. The number of H-pyrrole nitrogens is 1. The zero-order chi connectivity index (χ0) is 22.1. The Balaban J connectivity index is 1.81. The van der Waals surface area contributed by atoms with Gasteiger partial charge in [-0.1, -0.05) is 45.0 Å². The molecule has 7 heteroatoms. The zero-order valence-corrected chi connectivity index (χ0v) is 20.6. The topological polar surface area (TPSA) is 67.0 Å². The maximum Gasteiger partial charge on any atom is 0.408 e. The summed E-state index contributed by atoms with van der Waals surface area (Å²) in [5.74, 6) is 0.703. The first-order valence-corrected chi connectivity index (χ1v) is 11.4. The molecule has 0 fully saturated rings. The van der Waals surface area contributed by atoms with Crippen LogP contribution in [0.3, 0.4) is 0 Å². The Morgan fingerprint density at radius 2 is 1.70 bits per heavy atom. The summed E-state index contributed by atoms with van der Waals surface area (Å²) in [6, 6.07) is 12.2. The molecule has 1 atom stereocenters. The van der Waals surface area contributed by atoms with Gasteiger partial charge in [0.15, 0.2) is 0 Å². The van der Waals surface area contributed by atoms with Gasteiger partial charge in [-0.2, -0.15) is 0 Å². The van der Waals surface area contributed by atoms with E-state index in [2.05, 4.69) is 88.4 Å². The highest BCUT2D eigenvalue weighted by Gasteiger charge is 2.32. The van der Waals surface area contributed by atoms with Gasteiger partial charge in [0.25, 0.3) is 0 Å². The van der Waals surface area contributed by atoms with Gasteiger partial charge in [0.05, 0.1) is 21.7 Å². The highest BCUT2D eigenvalue weighted by molar-refractivity contribution is 9.11. The molecule has 0 aliphatic heterocycles. The van der Waals surface area contributed by atoms with Crippen molar-refractivity contribution in [1.82, 2.24) is 15.3 Å². The van der Waals surface area contributed by atoms with E-state index in [-0.39, 0.29) is 11.5 Å². The third kappa shape index (κ3) is 5.73. The molecule has 0 saturated carbocycles. The van der Waals surface area contributed by atoms with Crippen molar-refractivity contribution in [3.63, 3.8) is 0 Å². The van der Waals surface area contributed by atoms with E-state index in [4.69, 9.17) is 4.74 Å². The largest absolute Gasteiger partial charge is 0.444 e. The SMILES string of the molecule is CC(C)(C)OC(=O)NC(c1ncc(-c2ccc(-c3ccc(Br)s3)cc2)[nH]1)C(C)(C)C. The van der Waals surface area contributed by atoms with Crippen molar-refractivity contribution in [2.24, 2.45) is 5.41 Å². The van der Waals surface area contributed by atoms with Crippen molar-refractivity contribution >= 4 is 33.4 Å². The van der Waals surface area contributed by atoms with Crippen LogP contribution in [0.1, 0.15) is 53.4 Å². The number of nitrogens with one attached hydrogen (secondary N) is 2. The quantitative estimate of drug-likeness (QED) is 0.407. The summed E-state index contributed by atoms with van der Waals surface area (Å²) in [4.78, 5) is 21.5. The summed E-state index contributed by atoms with van der Waals surface area (Å²) < 4.78 is 6.56. The summed E-state index contributed by atoms with van der Waals surface area (Å²) >= 11 is 5.22. The number of amides is 1. The Labute approximate surface area is 190 Å². The molecule has 2 heterocycles. The predicted molar refractivity (Wildman–Crippen MR) is 127 cm³/mol. The van der Waals surface area contributed by atoms with Gasteiger partial charge in [-0.15, -0.1) is 11.3 Å². The number of rotatable bonds is 4. The highest BCUT2D eigenvalue weighted by Crippen LogP contribution is 2.34. The van der Waals surface area contributed by atoms with Crippen LogP contribution < -0.4 is 5.32 Å². The van der Waals surface area contributed by atoms with Gasteiger partial charge in [0.1, 0.15) is 11.4 Å². The van der Waals surface area contributed by atoms with Gasteiger partial charge in [0, 0.05) is 4.88 Å². The minimum absolute atomic E-state index is 0.248. The Bertz CT molecular complexity index is 1010. The lowest BCUT2D eigenvalue weighted by Crippen LogP contribution is -2.40. The first-order valence-electron chi connectivity index (χ1n) is 9.83. The minimum Gasteiger partial charge on any atom is -0.444 e. The van der Waals surface area contributed by atoms with Crippen molar-refractivity contribution < 1.29 is 9.53 Å². The molecule has 0 aliphatic carbocycles. The molecule has 30 heavy (non-hydrogen) atoms. The van der Waals surface area contributed by atoms with Crippen molar-refractivity contribution in [3.8, 4) is 21.7 Å². The van der Waals surface area contributed by atoms with E-state index in [1.165, 1.54) is 10.4 Å². The van der Waals surface area contributed by atoms with E-state index in [9.17, 15) is 4.79 Å². The van der Waals surface area contributed by atoms with Gasteiger partial charge in [-0.3, -0.25) is 0 Å². The summed E-state index contributed by atoms with van der Waals surface area (Å²) in [6.07, 6.45) is 1.36. The third-order valence-corrected chi connectivity index (χ3v) is 6.12. The second kappa shape index (κ2) is 8.55. The number of carbonyl (C=O) groups excluding carboxylic acids is 1. The molecule has 2 aromatic heterocycles. The summed E-state index contributed by atoms with van der Waals surface area (Å²) in [7, 11) is 0. The van der Waals surface area contributed by atoms with Crippen molar-refractivity contribution in [2.45, 2.75) is 53.2 Å². The second-order valence-corrected chi connectivity index (χ2v) is 11.8. The van der Waals surface area contributed by atoms with Gasteiger partial charge in [-0.05, 0) is 65.4 Å². The molecular formula is C23H28BrN3O2S. The number of aromatic nitrogens is 2. The lowest BCUT2D eigenvalue weighted by atomic mass is 9.86. The fourth-order valence-corrected chi connectivity index (χ4v) is 4.43. The number of carbonyl (C=O) groups is 1. The number of hydrogen-bond donors (Lipinski definition) is 2. The lowest BCUT2D eigenvalue weighted by Gasteiger charge is -2.31. The zero-order valence-electron chi connectivity index (χ0n) is 18.2.